The van der Waals surface area contributed by atoms with Crippen molar-refractivity contribution >= 4 is 0 Å². The molecular weight excluding hydrogens is 174 g/mol. The molecule has 0 atom stereocenters. The fraction of sp³-hybridized carbons (Fsp3) is 0.583. The van der Waals surface area contributed by atoms with Crippen LogP contribution in [0.5, 0.6) is 5.75 Å². The van der Waals surface area contributed by atoms with Crippen molar-refractivity contribution in [3.63, 3.8) is 0 Å². The second-order valence-corrected chi connectivity index (χ2v) is 4.13. The monoisotopic (exact) mass is 193 g/mol. The number of ether oxygens (including phenoxy) is 1. The summed E-state index contributed by atoms with van der Waals surface area (Å²) in [5.41, 5.74) is 3.36. The smallest absolute Gasteiger partial charge is 0.125 e. The number of methoxy groups -OCH3 is 1. The molecule has 0 unspecified atom stereocenters. The maximum atomic E-state index is 5.37. The van der Waals surface area contributed by atoms with Gasteiger partial charge in [0.25, 0.3) is 0 Å². The third kappa shape index (κ3) is 2.47. The van der Waals surface area contributed by atoms with Gasteiger partial charge in [0, 0.05) is 23.0 Å². The average molecular weight is 193 g/mol. The highest BCUT2D eigenvalue weighted by molar-refractivity contribution is 5.38. The second-order valence-electron chi connectivity index (χ2n) is 4.13. The minimum Gasteiger partial charge on any atom is -0.496 e. The molecule has 1 rings (SSSR count). The molecule has 1 heterocycles. The van der Waals surface area contributed by atoms with Gasteiger partial charge in [0.1, 0.15) is 5.75 Å². The lowest BCUT2D eigenvalue weighted by Gasteiger charge is -2.13. The van der Waals surface area contributed by atoms with Gasteiger partial charge in [-0.2, -0.15) is 0 Å². The minimum atomic E-state index is 0.632. The SMILES string of the molecule is COc1cc(C)nc(C)c1CC(C)C. The summed E-state index contributed by atoms with van der Waals surface area (Å²) in [6.07, 6.45) is 1.03. The quantitative estimate of drug-likeness (QED) is 0.736. The molecule has 0 aliphatic heterocycles. The van der Waals surface area contributed by atoms with Crippen molar-refractivity contribution in [2.75, 3.05) is 7.11 Å². The first kappa shape index (κ1) is 11.0. The Morgan fingerprint density at radius 2 is 2.00 bits per heavy atom. The number of hydrogen-bond donors (Lipinski definition) is 0. The number of aryl methyl sites for hydroxylation is 2. The number of nitrogens with zero attached hydrogens (tertiary/aromatic N) is 1. The van der Waals surface area contributed by atoms with Crippen LogP contribution in [-0.4, -0.2) is 12.1 Å². The van der Waals surface area contributed by atoms with Crippen LogP contribution in [0.2, 0.25) is 0 Å². The van der Waals surface area contributed by atoms with Crippen LogP contribution in [0, 0.1) is 19.8 Å². The van der Waals surface area contributed by atoms with Gasteiger partial charge < -0.3 is 4.74 Å². The Kier molecular flexibility index (Phi) is 3.50. The first-order valence-corrected chi connectivity index (χ1v) is 5.05. The van der Waals surface area contributed by atoms with Gasteiger partial charge in [0.05, 0.1) is 7.11 Å². The highest BCUT2D eigenvalue weighted by atomic mass is 16.5. The summed E-state index contributed by atoms with van der Waals surface area (Å²) in [6.45, 7) is 8.46. The maximum absolute atomic E-state index is 5.37. The molecule has 0 aliphatic carbocycles. The molecule has 2 nitrogen and oxygen atoms in total. The zero-order chi connectivity index (χ0) is 10.7. The Labute approximate surface area is 86.3 Å². The zero-order valence-electron chi connectivity index (χ0n) is 9.72. The first-order valence-electron chi connectivity index (χ1n) is 5.05. The Balaban J connectivity index is 3.11. The van der Waals surface area contributed by atoms with Crippen LogP contribution >= 0.6 is 0 Å². The summed E-state index contributed by atoms with van der Waals surface area (Å²) in [7, 11) is 1.72. The summed E-state index contributed by atoms with van der Waals surface area (Å²) < 4.78 is 5.37. The van der Waals surface area contributed by atoms with E-state index < -0.39 is 0 Å². The molecule has 0 aromatic carbocycles. The lowest BCUT2D eigenvalue weighted by Crippen LogP contribution is -2.03. The number of hydrogen-bond acceptors (Lipinski definition) is 2. The second kappa shape index (κ2) is 4.45. The summed E-state index contributed by atoms with van der Waals surface area (Å²) in [4.78, 5) is 4.46. The lowest BCUT2D eigenvalue weighted by atomic mass is 10.0. The molecule has 1 aromatic rings. The molecule has 0 N–H and O–H groups in total. The van der Waals surface area contributed by atoms with E-state index in [-0.39, 0.29) is 0 Å². The molecule has 0 fully saturated rings. The number of pyridine rings is 1. The van der Waals surface area contributed by atoms with Crippen molar-refractivity contribution in [2.45, 2.75) is 34.1 Å². The van der Waals surface area contributed by atoms with Crippen LogP contribution in [0.15, 0.2) is 6.07 Å². The number of aromatic nitrogens is 1. The summed E-state index contributed by atoms with van der Waals surface area (Å²) >= 11 is 0. The third-order valence-corrected chi connectivity index (χ3v) is 2.25. The summed E-state index contributed by atoms with van der Waals surface area (Å²) in [6, 6.07) is 2.00. The Morgan fingerprint density at radius 3 is 2.50 bits per heavy atom. The van der Waals surface area contributed by atoms with Crippen LogP contribution < -0.4 is 4.74 Å². The van der Waals surface area contributed by atoms with E-state index in [9.17, 15) is 0 Å². The standard InChI is InChI=1S/C12H19NO/c1-8(2)6-11-10(4)13-9(3)7-12(11)14-5/h7-8H,6H2,1-5H3. The van der Waals surface area contributed by atoms with Gasteiger partial charge >= 0.3 is 0 Å². The van der Waals surface area contributed by atoms with E-state index in [1.807, 2.05) is 19.9 Å². The molecule has 0 radical (unpaired) electrons. The van der Waals surface area contributed by atoms with E-state index in [0.29, 0.717) is 5.92 Å². The summed E-state index contributed by atoms with van der Waals surface area (Å²) in [5.74, 6) is 1.61. The average Bonchev–Trinajstić information content (AvgIpc) is 2.08. The van der Waals surface area contributed by atoms with Gasteiger partial charge in [-0.1, -0.05) is 13.8 Å². The minimum absolute atomic E-state index is 0.632. The van der Waals surface area contributed by atoms with Gasteiger partial charge in [-0.25, -0.2) is 0 Å². The van der Waals surface area contributed by atoms with E-state index in [1.54, 1.807) is 7.11 Å². The van der Waals surface area contributed by atoms with E-state index in [4.69, 9.17) is 4.74 Å². The van der Waals surface area contributed by atoms with Gasteiger partial charge in [-0.15, -0.1) is 0 Å². The van der Waals surface area contributed by atoms with Crippen LogP contribution in [0.3, 0.4) is 0 Å². The van der Waals surface area contributed by atoms with Crippen molar-refractivity contribution < 1.29 is 4.74 Å². The predicted octanol–water partition coefficient (Wildman–Crippen LogP) is 2.91. The van der Waals surface area contributed by atoms with Crippen molar-refractivity contribution in [3.8, 4) is 5.75 Å². The van der Waals surface area contributed by atoms with Crippen molar-refractivity contribution in [2.24, 2.45) is 5.92 Å². The maximum Gasteiger partial charge on any atom is 0.125 e. The van der Waals surface area contributed by atoms with Crippen LogP contribution in [0.25, 0.3) is 0 Å². The molecule has 78 valence electrons. The molecule has 0 bridgehead atoms. The topological polar surface area (TPSA) is 22.1 Å². The third-order valence-electron chi connectivity index (χ3n) is 2.25. The lowest BCUT2D eigenvalue weighted by molar-refractivity contribution is 0.404. The normalized spacial score (nSPS) is 10.7. The van der Waals surface area contributed by atoms with Crippen molar-refractivity contribution in [3.05, 3.63) is 23.0 Å². The Bertz CT molecular complexity index is 318. The zero-order valence-corrected chi connectivity index (χ0v) is 9.72. The number of rotatable bonds is 3. The predicted molar refractivity (Wildman–Crippen MR) is 58.8 cm³/mol. The summed E-state index contributed by atoms with van der Waals surface area (Å²) in [5, 5.41) is 0. The molecule has 14 heavy (non-hydrogen) atoms. The van der Waals surface area contributed by atoms with Crippen molar-refractivity contribution in [1.29, 1.82) is 0 Å². The fourth-order valence-corrected chi connectivity index (χ4v) is 1.66. The molecule has 0 amide bonds. The van der Waals surface area contributed by atoms with Crippen LogP contribution in [0.1, 0.15) is 30.8 Å². The highest BCUT2D eigenvalue weighted by Crippen LogP contribution is 2.24. The van der Waals surface area contributed by atoms with E-state index in [0.717, 1.165) is 23.6 Å². The molecule has 1 aromatic heterocycles. The van der Waals surface area contributed by atoms with Gasteiger partial charge in [0.15, 0.2) is 0 Å². The van der Waals surface area contributed by atoms with Gasteiger partial charge in [-0.3, -0.25) is 4.98 Å². The molecule has 2 heteroatoms. The van der Waals surface area contributed by atoms with Gasteiger partial charge in [-0.05, 0) is 26.2 Å². The van der Waals surface area contributed by atoms with Crippen LogP contribution in [0.4, 0.5) is 0 Å². The van der Waals surface area contributed by atoms with E-state index in [2.05, 4.69) is 18.8 Å². The molecule has 0 saturated heterocycles. The Morgan fingerprint density at radius 1 is 1.36 bits per heavy atom. The van der Waals surface area contributed by atoms with E-state index in [1.165, 1.54) is 5.56 Å². The first-order chi connectivity index (χ1) is 6.54. The molecular formula is C12H19NO. The van der Waals surface area contributed by atoms with Crippen LogP contribution in [-0.2, 0) is 6.42 Å². The van der Waals surface area contributed by atoms with E-state index >= 15 is 0 Å². The molecule has 0 saturated carbocycles. The molecule has 0 spiro atoms. The molecule has 0 aliphatic rings. The Hall–Kier alpha value is -1.05. The highest BCUT2D eigenvalue weighted by Gasteiger charge is 2.10. The van der Waals surface area contributed by atoms with Crippen molar-refractivity contribution in [1.82, 2.24) is 4.98 Å². The fourth-order valence-electron chi connectivity index (χ4n) is 1.66. The largest absolute Gasteiger partial charge is 0.496 e. The van der Waals surface area contributed by atoms with Gasteiger partial charge in [0.2, 0.25) is 0 Å².